The van der Waals surface area contributed by atoms with Gasteiger partial charge in [-0.2, -0.15) is 0 Å². The van der Waals surface area contributed by atoms with Gasteiger partial charge in [-0.25, -0.2) is 0 Å². The summed E-state index contributed by atoms with van der Waals surface area (Å²) in [5.41, 5.74) is 6.12. The van der Waals surface area contributed by atoms with Gasteiger partial charge in [0.15, 0.2) is 11.9 Å². The van der Waals surface area contributed by atoms with E-state index in [0.717, 1.165) is 93.3 Å². The Morgan fingerprint density at radius 2 is 2.18 bits per heavy atom. The number of rotatable bonds is 4. The molecule has 5 heterocycles. The lowest BCUT2D eigenvalue weighted by atomic mass is 9.99. The van der Waals surface area contributed by atoms with Crippen LogP contribution in [0, 0.1) is 0 Å². The molecule has 8 heteroatoms. The molecule has 6 nitrogen and oxygen atoms in total. The van der Waals surface area contributed by atoms with Gasteiger partial charge >= 0.3 is 0 Å². The van der Waals surface area contributed by atoms with Crippen molar-refractivity contribution in [3.05, 3.63) is 62.9 Å². The maximum Gasteiger partial charge on any atom is 0.181 e. The number of aromatic nitrogens is 2. The summed E-state index contributed by atoms with van der Waals surface area (Å²) in [6, 6.07) is 7.98. The molecule has 34 heavy (non-hydrogen) atoms. The van der Waals surface area contributed by atoms with Crippen LogP contribution in [0.15, 0.2) is 35.0 Å². The molecule has 2 atom stereocenters. The summed E-state index contributed by atoms with van der Waals surface area (Å²) < 4.78 is 13.6. The van der Waals surface area contributed by atoms with Crippen LogP contribution in [0.3, 0.4) is 0 Å². The van der Waals surface area contributed by atoms with Gasteiger partial charge in [-0.3, -0.25) is 4.98 Å². The van der Waals surface area contributed by atoms with E-state index in [2.05, 4.69) is 15.5 Å². The number of nitrogens with one attached hydrogen (secondary N) is 1. The molecule has 176 valence electrons. The first-order valence-electron chi connectivity index (χ1n) is 11.9. The largest absolute Gasteiger partial charge is 0.481 e. The summed E-state index contributed by atoms with van der Waals surface area (Å²) in [5, 5.41) is 18.9. The number of pyridine rings is 1. The molecule has 1 aromatic carbocycles. The summed E-state index contributed by atoms with van der Waals surface area (Å²) in [6.07, 6.45) is 5.37. The van der Waals surface area contributed by atoms with E-state index < -0.39 is 6.10 Å². The Morgan fingerprint density at radius 1 is 1.26 bits per heavy atom. The SMILES string of the molecule is CCC(O)c1cc2nccc(-c3cc(Cl)cc4c3O[C@@H](c3onc5c3CNCC5)CCC4)c2s1. The van der Waals surface area contributed by atoms with Gasteiger partial charge < -0.3 is 19.7 Å². The maximum absolute atomic E-state index is 10.4. The van der Waals surface area contributed by atoms with Gasteiger partial charge in [0.2, 0.25) is 0 Å². The third-order valence-electron chi connectivity index (χ3n) is 6.77. The quantitative estimate of drug-likeness (QED) is 0.353. The minimum atomic E-state index is -0.490. The van der Waals surface area contributed by atoms with E-state index in [1.165, 1.54) is 0 Å². The highest BCUT2D eigenvalue weighted by Gasteiger charge is 2.31. The Labute approximate surface area is 206 Å². The fourth-order valence-electron chi connectivity index (χ4n) is 4.99. The van der Waals surface area contributed by atoms with Crippen molar-refractivity contribution in [2.24, 2.45) is 0 Å². The van der Waals surface area contributed by atoms with Crippen LogP contribution in [0.1, 0.15) is 65.9 Å². The van der Waals surface area contributed by atoms with Crippen LogP contribution in [-0.4, -0.2) is 21.8 Å². The van der Waals surface area contributed by atoms with E-state index in [1.807, 2.05) is 37.4 Å². The smallest absolute Gasteiger partial charge is 0.181 e. The molecule has 0 spiro atoms. The summed E-state index contributed by atoms with van der Waals surface area (Å²) >= 11 is 8.18. The normalized spacial score (nSPS) is 18.7. The van der Waals surface area contributed by atoms with E-state index in [-0.39, 0.29) is 6.10 Å². The van der Waals surface area contributed by atoms with Gasteiger partial charge in [-0.05, 0) is 55.5 Å². The molecule has 0 radical (unpaired) electrons. The number of thiophene rings is 1. The van der Waals surface area contributed by atoms with E-state index in [9.17, 15) is 5.11 Å². The van der Waals surface area contributed by atoms with E-state index in [1.54, 1.807) is 11.3 Å². The molecule has 1 unspecified atom stereocenters. The van der Waals surface area contributed by atoms with Gasteiger partial charge in [-0.1, -0.05) is 23.7 Å². The molecule has 2 aliphatic heterocycles. The average Bonchev–Trinajstić information content (AvgIpc) is 3.42. The van der Waals surface area contributed by atoms with Crippen molar-refractivity contribution in [2.45, 2.75) is 57.8 Å². The number of hydrogen-bond acceptors (Lipinski definition) is 7. The predicted molar refractivity (Wildman–Crippen MR) is 134 cm³/mol. The van der Waals surface area contributed by atoms with E-state index in [0.29, 0.717) is 11.4 Å². The minimum absolute atomic E-state index is 0.199. The number of nitrogens with zero attached hydrogens (tertiary/aromatic N) is 2. The van der Waals surface area contributed by atoms with Crippen LogP contribution < -0.4 is 10.1 Å². The lowest BCUT2D eigenvalue weighted by Gasteiger charge is -2.20. The van der Waals surface area contributed by atoms with Gasteiger partial charge in [0.05, 0.1) is 22.0 Å². The second kappa shape index (κ2) is 8.96. The standard InChI is InChI=1S/C26H26ClN3O3S/c1-2-21(31)23-12-20-26(34-23)16(6-9-29-20)17-11-15(27)10-14-4-3-5-22(32-24(14)17)25-18-13-28-8-7-19(18)30-33-25/h6,9-12,21-22,28,31H,2-5,7-8,13H2,1H3/t21?,22-/m1/s1. The summed E-state index contributed by atoms with van der Waals surface area (Å²) in [4.78, 5) is 5.48. The number of aryl methyl sites for hydroxylation is 1. The molecule has 0 saturated heterocycles. The van der Waals surface area contributed by atoms with Gasteiger partial charge in [0.25, 0.3) is 0 Å². The predicted octanol–water partition coefficient (Wildman–Crippen LogP) is 6.15. The van der Waals surface area contributed by atoms with Gasteiger partial charge in [0.1, 0.15) is 5.75 Å². The molecule has 0 bridgehead atoms. The highest BCUT2D eigenvalue weighted by Crippen LogP contribution is 2.46. The second-order valence-electron chi connectivity index (χ2n) is 8.98. The fraction of sp³-hybridized carbons (Fsp3) is 0.385. The molecule has 0 fully saturated rings. The number of fused-ring (bicyclic) bond motifs is 3. The first-order valence-corrected chi connectivity index (χ1v) is 13.1. The Bertz CT molecular complexity index is 1370. The third kappa shape index (κ3) is 3.81. The number of benzene rings is 1. The topological polar surface area (TPSA) is 80.4 Å². The first-order chi connectivity index (χ1) is 16.6. The monoisotopic (exact) mass is 495 g/mol. The van der Waals surface area contributed by atoms with Crippen molar-refractivity contribution in [1.29, 1.82) is 0 Å². The molecule has 0 saturated carbocycles. The zero-order valence-electron chi connectivity index (χ0n) is 18.9. The van der Waals surface area contributed by atoms with Crippen molar-refractivity contribution >= 4 is 33.2 Å². The van der Waals surface area contributed by atoms with Crippen molar-refractivity contribution < 1.29 is 14.4 Å². The van der Waals surface area contributed by atoms with Crippen LogP contribution in [0.2, 0.25) is 5.02 Å². The molecular formula is C26H26ClN3O3S. The van der Waals surface area contributed by atoms with Crippen LogP contribution in [0.4, 0.5) is 0 Å². The summed E-state index contributed by atoms with van der Waals surface area (Å²) in [7, 11) is 0. The van der Waals surface area contributed by atoms with Crippen LogP contribution in [-0.2, 0) is 19.4 Å². The van der Waals surface area contributed by atoms with Gasteiger partial charge in [-0.15, -0.1) is 11.3 Å². The third-order valence-corrected chi connectivity index (χ3v) is 8.25. The van der Waals surface area contributed by atoms with Crippen LogP contribution in [0.25, 0.3) is 21.3 Å². The average molecular weight is 496 g/mol. The van der Waals surface area contributed by atoms with Crippen molar-refractivity contribution in [2.75, 3.05) is 6.54 Å². The number of ether oxygens (including phenoxy) is 1. The molecule has 4 aromatic rings. The minimum Gasteiger partial charge on any atom is -0.481 e. The molecule has 0 aliphatic carbocycles. The Balaban J connectivity index is 1.47. The number of hydrogen-bond donors (Lipinski definition) is 2. The highest BCUT2D eigenvalue weighted by molar-refractivity contribution is 7.19. The van der Waals surface area contributed by atoms with Crippen molar-refractivity contribution in [3.63, 3.8) is 0 Å². The molecular weight excluding hydrogens is 470 g/mol. The van der Waals surface area contributed by atoms with E-state index >= 15 is 0 Å². The Kier molecular flexibility index (Phi) is 5.81. The molecule has 2 aliphatic rings. The number of halogens is 1. The number of aliphatic hydroxyl groups is 1. The van der Waals surface area contributed by atoms with Gasteiger partial charge in [0, 0.05) is 52.3 Å². The van der Waals surface area contributed by atoms with Crippen molar-refractivity contribution in [3.8, 4) is 16.9 Å². The zero-order chi connectivity index (χ0) is 23.2. The summed E-state index contributed by atoms with van der Waals surface area (Å²) in [6.45, 7) is 3.66. The Hall–Kier alpha value is -2.45. The lowest BCUT2D eigenvalue weighted by Crippen LogP contribution is -2.24. The van der Waals surface area contributed by atoms with E-state index in [4.69, 9.17) is 20.9 Å². The van der Waals surface area contributed by atoms with Crippen LogP contribution >= 0.6 is 22.9 Å². The molecule has 6 rings (SSSR count). The number of aliphatic hydroxyl groups excluding tert-OH is 1. The highest BCUT2D eigenvalue weighted by atomic mass is 35.5. The molecule has 2 N–H and O–H groups in total. The summed E-state index contributed by atoms with van der Waals surface area (Å²) in [5.74, 6) is 1.68. The molecule has 0 amide bonds. The maximum atomic E-state index is 10.4. The lowest BCUT2D eigenvalue weighted by molar-refractivity contribution is 0.158. The molecule has 3 aromatic heterocycles. The fourth-order valence-corrected chi connectivity index (χ4v) is 6.44. The van der Waals surface area contributed by atoms with Crippen molar-refractivity contribution in [1.82, 2.24) is 15.5 Å². The first kappa shape index (κ1) is 22.0. The zero-order valence-corrected chi connectivity index (χ0v) is 20.5. The second-order valence-corrected chi connectivity index (χ2v) is 10.5. The van der Waals surface area contributed by atoms with Crippen LogP contribution in [0.5, 0.6) is 5.75 Å². The Morgan fingerprint density at radius 3 is 3.06 bits per heavy atom.